The van der Waals surface area contributed by atoms with Crippen LogP contribution in [0.2, 0.25) is 0 Å². The van der Waals surface area contributed by atoms with Crippen LogP contribution < -0.4 is 10.1 Å². The van der Waals surface area contributed by atoms with Crippen LogP contribution in [0.5, 0.6) is 5.75 Å². The second kappa shape index (κ2) is 5.23. The summed E-state index contributed by atoms with van der Waals surface area (Å²) in [5.41, 5.74) is 2.01. The molecule has 1 heterocycles. The fraction of sp³-hybridized carbons (Fsp3) is 0.250. The molecule has 4 nitrogen and oxygen atoms in total. The zero-order valence-electron chi connectivity index (χ0n) is 9.77. The maximum absolute atomic E-state index is 5.20. The first-order valence-corrected chi connectivity index (χ1v) is 6.03. The molecule has 0 fully saturated rings. The molecule has 0 radical (unpaired) electrons. The lowest BCUT2D eigenvalue weighted by Gasteiger charge is -2.07. The zero-order valence-corrected chi connectivity index (χ0v) is 11.4. The minimum atomic E-state index is 0.695. The molecule has 0 unspecified atom stereocenters. The smallest absolute Gasteiger partial charge is 0.122 e. The Morgan fingerprint density at radius 2 is 2.24 bits per heavy atom. The number of anilines is 1. The third-order valence-corrected chi connectivity index (χ3v) is 2.81. The number of aromatic nitrogens is 2. The van der Waals surface area contributed by atoms with Crippen molar-refractivity contribution in [3.05, 3.63) is 40.6 Å². The Bertz CT molecular complexity index is 510. The van der Waals surface area contributed by atoms with Gasteiger partial charge in [0.25, 0.3) is 0 Å². The minimum absolute atomic E-state index is 0.695. The highest BCUT2D eigenvalue weighted by molar-refractivity contribution is 9.10. The molecule has 0 aliphatic rings. The van der Waals surface area contributed by atoms with Crippen LogP contribution >= 0.6 is 15.9 Å². The summed E-state index contributed by atoms with van der Waals surface area (Å²) in [6, 6.07) is 7.87. The van der Waals surface area contributed by atoms with Gasteiger partial charge in [-0.15, -0.1) is 0 Å². The van der Waals surface area contributed by atoms with E-state index in [-0.39, 0.29) is 0 Å². The van der Waals surface area contributed by atoms with Gasteiger partial charge in [0.1, 0.15) is 5.75 Å². The highest BCUT2D eigenvalue weighted by Gasteiger charge is 2.01. The summed E-state index contributed by atoms with van der Waals surface area (Å²) >= 11 is 3.44. The highest BCUT2D eigenvalue weighted by Crippen LogP contribution is 2.24. The number of ether oxygens (including phenoxy) is 1. The van der Waals surface area contributed by atoms with E-state index < -0.39 is 0 Å². The van der Waals surface area contributed by atoms with Gasteiger partial charge in [0.05, 0.1) is 19.3 Å². The molecule has 5 heteroatoms. The van der Waals surface area contributed by atoms with Gasteiger partial charge in [-0.3, -0.25) is 4.68 Å². The van der Waals surface area contributed by atoms with Gasteiger partial charge in [0, 0.05) is 29.5 Å². The minimum Gasteiger partial charge on any atom is -0.497 e. The lowest BCUT2D eigenvalue weighted by atomic mass is 10.3. The number of hydrogen-bond donors (Lipinski definition) is 1. The Kier molecular flexibility index (Phi) is 3.68. The van der Waals surface area contributed by atoms with Crippen molar-refractivity contribution in [3.63, 3.8) is 0 Å². The molecule has 90 valence electrons. The monoisotopic (exact) mass is 295 g/mol. The molecular formula is C12H14BrN3O. The molecule has 1 aromatic carbocycles. The summed E-state index contributed by atoms with van der Waals surface area (Å²) in [7, 11) is 3.57. The van der Waals surface area contributed by atoms with Crippen LogP contribution in [-0.4, -0.2) is 16.9 Å². The van der Waals surface area contributed by atoms with Gasteiger partial charge in [-0.1, -0.05) is 15.9 Å². The number of hydrogen-bond acceptors (Lipinski definition) is 3. The molecule has 2 aromatic rings. The molecule has 0 aliphatic heterocycles. The summed E-state index contributed by atoms with van der Waals surface area (Å²) in [4.78, 5) is 0. The summed E-state index contributed by atoms with van der Waals surface area (Å²) in [5.74, 6) is 0.822. The standard InChI is InChI=1S/C12H14BrN3O/c1-16-4-3-10(15-16)8-14-11-5-9(13)6-12(7-11)17-2/h3-7,14H,8H2,1-2H3. The summed E-state index contributed by atoms with van der Waals surface area (Å²) in [5, 5.41) is 7.61. The van der Waals surface area contributed by atoms with Crippen molar-refractivity contribution < 1.29 is 4.74 Å². The molecule has 1 N–H and O–H groups in total. The molecule has 1 aromatic heterocycles. The fourth-order valence-electron chi connectivity index (χ4n) is 1.53. The van der Waals surface area contributed by atoms with Crippen molar-refractivity contribution >= 4 is 21.6 Å². The normalized spacial score (nSPS) is 10.3. The van der Waals surface area contributed by atoms with E-state index in [1.54, 1.807) is 11.8 Å². The van der Waals surface area contributed by atoms with E-state index in [1.807, 2.05) is 37.5 Å². The molecule has 17 heavy (non-hydrogen) atoms. The van der Waals surface area contributed by atoms with E-state index in [1.165, 1.54) is 0 Å². The number of halogens is 1. The first kappa shape index (κ1) is 12.0. The van der Waals surface area contributed by atoms with Crippen molar-refractivity contribution in [1.29, 1.82) is 0 Å². The SMILES string of the molecule is COc1cc(Br)cc(NCc2ccn(C)n2)c1. The molecule has 0 bridgehead atoms. The summed E-state index contributed by atoms with van der Waals surface area (Å²) < 4.78 is 7.98. The average molecular weight is 296 g/mol. The molecule has 0 saturated carbocycles. The number of benzene rings is 1. The van der Waals surface area contributed by atoms with E-state index >= 15 is 0 Å². The topological polar surface area (TPSA) is 39.1 Å². The number of rotatable bonds is 4. The fourth-order valence-corrected chi connectivity index (χ4v) is 2.00. The molecule has 0 saturated heterocycles. The summed E-state index contributed by atoms with van der Waals surface area (Å²) in [6.07, 6.45) is 1.93. The number of methoxy groups -OCH3 is 1. The van der Waals surface area contributed by atoms with Crippen molar-refractivity contribution in [3.8, 4) is 5.75 Å². The second-order valence-electron chi connectivity index (χ2n) is 3.71. The van der Waals surface area contributed by atoms with Gasteiger partial charge in [-0.05, 0) is 18.2 Å². The first-order valence-electron chi connectivity index (χ1n) is 5.24. The quantitative estimate of drug-likeness (QED) is 0.943. The first-order chi connectivity index (χ1) is 8.17. The molecular weight excluding hydrogens is 282 g/mol. The lowest BCUT2D eigenvalue weighted by molar-refractivity contribution is 0.414. The number of nitrogens with one attached hydrogen (secondary N) is 1. The van der Waals surface area contributed by atoms with Gasteiger partial charge in [-0.25, -0.2) is 0 Å². The number of aryl methyl sites for hydroxylation is 1. The zero-order chi connectivity index (χ0) is 12.3. The van der Waals surface area contributed by atoms with Crippen molar-refractivity contribution in [2.75, 3.05) is 12.4 Å². The lowest BCUT2D eigenvalue weighted by Crippen LogP contribution is -2.01. The predicted molar refractivity (Wildman–Crippen MR) is 71.2 cm³/mol. The third-order valence-electron chi connectivity index (χ3n) is 2.35. The Morgan fingerprint density at radius 1 is 1.41 bits per heavy atom. The van der Waals surface area contributed by atoms with E-state index in [0.29, 0.717) is 6.54 Å². The molecule has 0 atom stereocenters. The molecule has 0 aliphatic carbocycles. The van der Waals surface area contributed by atoms with E-state index in [9.17, 15) is 0 Å². The summed E-state index contributed by atoms with van der Waals surface area (Å²) in [6.45, 7) is 0.695. The van der Waals surface area contributed by atoms with Gasteiger partial charge in [0.2, 0.25) is 0 Å². The Balaban J connectivity index is 2.05. The van der Waals surface area contributed by atoms with E-state index in [2.05, 4.69) is 26.3 Å². The average Bonchev–Trinajstić information content (AvgIpc) is 2.72. The third kappa shape index (κ3) is 3.23. The van der Waals surface area contributed by atoms with Crippen LogP contribution in [0, 0.1) is 0 Å². The molecule has 2 rings (SSSR count). The molecule has 0 spiro atoms. The maximum atomic E-state index is 5.20. The van der Waals surface area contributed by atoms with E-state index in [4.69, 9.17) is 4.74 Å². The molecule has 0 amide bonds. The van der Waals surface area contributed by atoms with Gasteiger partial charge >= 0.3 is 0 Å². The van der Waals surface area contributed by atoms with Crippen LogP contribution in [-0.2, 0) is 13.6 Å². The van der Waals surface area contributed by atoms with Crippen LogP contribution in [0.1, 0.15) is 5.69 Å². The van der Waals surface area contributed by atoms with Gasteiger partial charge in [0.15, 0.2) is 0 Å². The number of nitrogens with zero attached hydrogens (tertiary/aromatic N) is 2. The van der Waals surface area contributed by atoms with Gasteiger partial charge in [-0.2, -0.15) is 5.10 Å². The highest BCUT2D eigenvalue weighted by atomic mass is 79.9. The van der Waals surface area contributed by atoms with Crippen molar-refractivity contribution in [2.24, 2.45) is 7.05 Å². The largest absolute Gasteiger partial charge is 0.497 e. The Labute approximate surface area is 109 Å². The second-order valence-corrected chi connectivity index (χ2v) is 4.63. The predicted octanol–water partition coefficient (Wildman–Crippen LogP) is 2.80. The van der Waals surface area contributed by atoms with Crippen LogP contribution in [0.25, 0.3) is 0 Å². The van der Waals surface area contributed by atoms with Crippen LogP contribution in [0.4, 0.5) is 5.69 Å². The van der Waals surface area contributed by atoms with Crippen molar-refractivity contribution in [1.82, 2.24) is 9.78 Å². The maximum Gasteiger partial charge on any atom is 0.122 e. The Hall–Kier alpha value is -1.49. The van der Waals surface area contributed by atoms with Crippen LogP contribution in [0.15, 0.2) is 34.9 Å². The van der Waals surface area contributed by atoms with Crippen LogP contribution in [0.3, 0.4) is 0 Å². The van der Waals surface area contributed by atoms with E-state index in [0.717, 1.165) is 21.6 Å². The Morgan fingerprint density at radius 3 is 2.88 bits per heavy atom. The van der Waals surface area contributed by atoms with Gasteiger partial charge < -0.3 is 10.1 Å². The van der Waals surface area contributed by atoms with Crippen molar-refractivity contribution in [2.45, 2.75) is 6.54 Å².